The van der Waals surface area contributed by atoms with Crippen LogP contribution in [0.5, 0.6) is 5.75 Å². The maximum Gasteiger partial charge on any atom is 0.255 e. The summed E-state index contributed by atoms with van der Waals surface area (Å²) in [6.07, 6.45) is 0. The summed E-state index contributed by atoms with van der Waals surface area (Å²) < 4.78 is 30.8. The number of ether oxygens (including phenoxy) is 1. The van der Waals surface area contributed by atoms with Crippen molar-refractivity contribution in [3.8, 4) is 5.75 Å². The van der Waals surface area contributed by atoms with E-state index < -0.39 is 21.0 Å². The fourth-order valence-electron chi connectivity index (χ4n) is 2.34. The Morgan fingerprint density at radius 3 is 2.36 bits per heavy atom. The van der Waals surface area contributed by atoms with Crippen molar-refractivity contribution < 1.29 is 17.9 Å². The van der Waals surface area contributed by atoms with E-state index in [1.807, 2.05) is 13.8 Å². The summed E-state index contributed by atoms with van der Waals surface area (Å²) in [5.74, 6) is 0.132. The Labute approximate surface area is 148 Å². The number of hydrogen-bond donors (Lipinski definition) is 1. The van der Waals surface area contributed by atoms with E-state index in [1.54, 1.807) is 49.4 Å². The van der Waals surface area contributed by atoms with Gasteiger partial charge in [0.1, 0.15) is 5.75 Å². The molecule has 0 heterocycles. The van der Waals surface area contributed by atoms with Crippen molar-refractivity contribution in [2.75, 3.05) is 12.4 Å². The lowest BCUT2D eigenvalue weighted by Gasteiger charge is -2.19. The van der Waals surface area contributed by atoms with Crippen molar-refractivity contribution >= 4 is 21.4 Å². The molecule has 0 saturated carbocycles. The van der Waals surface area contributed by atoms with Crippen LogP contribution in [0.1, 0.15) is 31.1 Å². The lowest BCUT2D eigenvalue weighted by Crippen LogP contribution is -2.25. The minimum absolute atomic E-state index is 0.0351. The Hall–Kier alpha value is -2.34. The number of nitrogens with one attached hydrogen (secondary N) is 1. The number of para-hydroxylation sites is 1. The van der Waals surface area contributed by atoms with E-state index in [9.17, 15) is 13.2 Å². The van der Waals surface area contributed by atoms with Crippen molar-refractivity contribution in [2.45, 2.75) is 30.9 Å². The van der Waals surface area contributed by atoms with Crippen molar-refractivity contribution in [2.24, 2.45) is 5.92 Å². The molecule has 25 heavy (non-hydrogen) atoms. The second-order valence-corrected chi connectivity index (χ2v) is 8.45. The van der Waals surface area contributed by atoms with Gasteiger partial charge >= 0.3 is 0 Å². The topological polar surface area (TPSA) is 72.5 Å². The van der Waals surface area contributed by atoms with Gasteiger partial charge < -0.3 is 10.1 Å². The number of methoxy groups -OCH3 is 1. The molecule has 0 spiro atoms. The van der Waals surface area contributed by atoms with Gasteiger partial charge in [-0.1, -0.05) is 32.0 Å². The number of anilines is 1. The molecule has 0 bridgehead atoms. The third-order valence-corrected chi connectivity index (χ3v) is 6.69. The fourth-order valence-corrected chi connectivity index (χ4v) is 4.15. The molecule has 0 aliphatic heterocycles. The Balaban J connectivity index is 2.37. The van der Waals surface area contributed by atoms with Crippen LogP contribution in [-0.4, -0.2) is 26.7 Å². The van der Waals surface area contributed by atoms with E-state index in [4.69, 9.17) is 4.74 Å². The molecule has 0 aliphatic carbocycles. The van der Waals surface area contributed by atoms with Crippen molar-refractivity contribution in [1.82, 2.24) is 0 Å². The highest BCUT2D eigenvalue weighted by molar-refractivity contribution is 7.92. The van der Waals surface area contributed by atoms with Crippen LogP contribution in [0.25, 0.3) is 0 Å². The molecule has 2 rings (SSSR count). The maximum absolute atomic E-state index is 12.8. The average molecular weight is 361 g/mol. The van der Waals surface area contributed by atoms with Gasteiger partial charge in [0.25, 0.3) is 5.91 Å². The Morgan fingerprint density at radius 1 is 1.04 bits per heavy atom. The van der Waals surface area contributed by atoms with E-state index in [0.29, 0.717) is 11.3 Å². The summed E-state index contributed by atoms with van der Waals surface area (Å²) in [6, 6.07) is 13.2. The van der Waals surface area contributed by atoms with Gasteiger partial charge in [-0.3, -0.25) is 4.79 Å². The quantitative estimate of drug-likeness (QED) is 0.850. The number of sulfone groups is 1. The second kappa shape index (κ2) is 7.70. The third kappa shape index (κ3) is 4.20. The molecular weight excluding hydrogens is 338 g/mol. The summed E-state index contributed by atoms with van der Waals surface area (Å²) in [5, 5.41) is 2.15. The standard InChI is InChI=1S/C19H23NO4S/c1-13(2)14(3)25(22,23)18-11-6-5-10-17(18)20-19(21)15-8-7-9-16(12-15)24-4/h5-14H,1-4H3,(H,20,21)/t14-/m1/s1. The highest BCUT2D eigenvalue weighted by Crippen LogP contribution is 2.28. The average Bonchev–Trinajstić information content (AvgIpc) is 2.61. The predicted molar refractivity (Wildman–Crippen MR) is 98.9 cm³/mol. The summed E-state index contributed by atoms with van der Waals surface area (Å²) in [5.41, 5.74) is 0.672. The first-order chi connectivity index (χ1) is 11.8. The minimum Gasteiger partial charge on any atom is -0.497 e. The predicted octanol–water partition coefficient (Wildman–Crippen LogP) is 3.77. The number of hydrogen-bond acceptors (Lipinski definition) is 4. The Bertz CT molecular complexity index is 859. The number of carbonyl (C=O) groups is 1. The minimum atomic E-state index is -3.55. The van der Waals surface area contributed by atoms with Crippen LogP contribution in [0.15, 0.2) is 53.4 Å². The number of benzene rings is 2. The van der Waals surface area contributed by atoms with Crippen LogP contribution in [0.2, 0.25) is 0 Å². The SMILES string of the molecule is COc1cccc(C(=O)Nc2ccccc2S(=O)(=O)[C@H](C)C(C)C)c1. The maximum atomic E-state index is 12.8. The molecule has 0 aliphatic rings. The largest absolute Gasteiger partial charge is 0.497 e. The smallest absolute Gasteiger partial charge is 0.255 e. The molecule has 0 aromatic heterocycles. The summed E-state index contributed by atoms with van der Waals surface area (Å²) >= 11 is 0. The van der Waals surface area contributed by atoms with E-state index >= 15 is 0 Å². The molecule has 6 heteroatoms. The van der Waals surface area contributed by atoms with Crippen molar-refractivity contribution in [3.05, 3.63) is 54.1 Å². The van der Waals surface area contributed by atoms with E-state index in [0.717, 1.165) is 0 Å². The number of rotatable bonds is 6. The first kappa shape index (κ1) is 19.0. The van der Waals surface area contributed by atoms with Gasteiger partial charge in [-0.15, -0.1) is 0 Å². The zero-order valence-corrected chi connectivity index (χ0v) is 15.6. The first-order valence-corrected chi connectivity index (χ1v) is 9.60. The molecule has 2 aromatic rings. The van der Waals surface area contributed by atoms with Crippen LogP contribution in [0.4, 0.5) is 5.69 Å². The fraction of sp³-hybridized carbons (Fsp3) is 0.316. The lowest BCUT2D eigenvalue weighted by atomic mass is 10.2. The first-order valence-electron chi connectivity index (χ1n) is 8.05. The summed E-state index contributed by atoms with van der Waals surface area (Å²) in [4.78, 5) is 12.6. The van der Waals surface area contributed by atoms with E-state index in [-0.39, 0.29) is 16.5 Å². The molecule has 1 atom stereocenters. The van der Waals surface area contributed by atoms with Crippen molar-refractivity contribution in [3.63, 3.8) is 0 Å². The van der Waals surface area contributed by atoms with Gasteiger partial charge in [-0.05, 0) is 43.2 Å². The van der Waals surface area contributed by atoms with E-state index in [2.05, 4.69) is 5.32 Å². The molecule has 1 amide bonds. The normalized spacial score (nSPS) is 12.7. The molecule has 0 saturated heterocycles. The Kier molecular flexibility index (Phi) is 5.85. The van der Waals surface area contributed by atoms with Gasteiger partial charge in [0.2, 0.25) is 0 Å². The molecule has 1 N–H and O–H groups in total. The highest BCUT2D eigenvalue weighted by atomic mass is 32.2. The van der Waals surface area contributed by atoms with Gasteiger partial charge in [0, 0.05) is 5.56 Å². The number of amides is 1. The van der Waals surface area contributed by atoms with Crippen LogP contribution in [0, 0.1) is 5.92 Å². The molecule has 0 unspecified atom stereocenters. The molecular formula is C19H23NO4S. The van der Waals surface area contributed by atoms with Gasteiger partial charge in [-0.25, -0.2) is 8.42 Å². The molecule has 0 radical (unpaired) electrons. The highest BCUT2D eigenvalue weighted by Gasteiger charge is 2.28. The second-order valence-electron chi connectivity index (χ2n) is 6.18. The lowest BCUT2D eigenvalue weighted by molar-refractivity contribution is 0.102. The van der Waals surface area contributed by atoms with Crippen LogP contribution in [0.3, 0.4) is 0 Å². The van der Waals surface area contributed by atoms with Gasteiger partial charge in [-0.2, -0.15) is 0 Å². The summed E-state index contributed by atoms with van der Waals surface area (Å²) in [6.45, 7) is 5.40. The molecule has 134 valence electrons. The Morgan fingerprint density at radius 2 is 1.72 bits per heavy atom. The van der Waals surface area contributed by atoms with Crippen LogP contribution in [-0.2, 0) is 9.84 Å². The molecule has 5 nitrogen and oxygen atoms in total. The van der Waals surface area contributed by atoms with Crippen LogP contribution >= 0.6 is 0 Å². The van der Waals surface area contributed by atoms with Crippen molar-refractivity contribution in [1.29, 1.82) is 0 Å². The number of carbonyl (C=O) groups excluding carboxylic acids is 1. The van der Waals surface area contributed by atoms with Crippen LogP contribution < -0.4 is 10.1 Å². The zero-order valence-electron chi connectivity index (χ0n) is 14.8. The monoisotopic (exact) mass is 361 g/mol. The third-order valence-electron chi connectivity index (χ3n) is 4.20. The molecule has 0 fully saturated rings. The van der Waals surface area contributed by atoms with Gasteiger partial charge in [0.05, 0.1) is 22.9 Å². The van der Waals surface area contributed by atoms with E-state index in [1.165, 1.54) is 13.2 Å². The summed E-state index contributed by atoms with van der Waals surface area (Å²) in [7, 11) is -2.03. The molecule has 2 aromatic carbocycles. The van der Waals surface area contributed by atoms with Gasteiger partial charge in [0.15, 0.2) is 9.84 Å². The zero-order chi connectivity index (χ0) is 18.6.